The minimum atomic E-state index is 0.144. The Morgan fingerprint density at radius 3 is 3.00 bits per heavy atom. The summed E-state index contributed by atoms with van der Waals surface area (Å²) in [6, 6.07) is 6.25. The van der Waals surface area contributed by atoms with Gasteiger partial charge in [0.25, 0.3) is 0 Å². The van der Waals surface area contributed by atoms with Crippen LogP contribution in [0.5, 0.6) is 0 Å². The first kappa shape index (κ1) is 8.57. The molecule has 0 aromatic heterocycles. The Morgan fingerprint density at radius 2 is 2.31 bits per heavy atom. The Labute approximate surface area is 78.8 Å². The average Bonchev–Trinajstić information content (AvgIpc) is 2.59. The van der Waals surface area contributed by atoms with Crippen LogP contribution in [0.4, 0.5) is 5.69 Å². The van der Waals surface area contributed by atoms with Crippen molar-refractivity contribution in [1.82, 2.24) is 0 Å². The lowest BCUT2D eigenvalue weighted by atomic mass is 10.1. The highest BCUT2D eigenvalue weighted by Gasteiger charge is 2.17. The SMILES string of the molecule is CCN1CCc2ccc(CO)cc21. The standard InChI is InChI=1S/C11H15NO/c1-2-12-6-5-10-4-3-9(8-13)7-11(10)12/h3-4,7,13H,2,5-6,8H2,1H3. The third kappa shape index (κ3) is 1.42. The number of hydrogen-bond acceptors (Lipinski definition) is 2. The zero-order chi connectivity index (χ0) is 9.26. The van der Waals surface area contributed by atoms with E-state index in [1.54, 1.807) is 0 Å². The van der Waals surface area contributed by atoms with Crippen LogP contribution in [-0.4, -0.2) is 18.2 Å². The summed E-state index contributed by atoms with van der Waals surface area (Å²) < 4.78 is 0. The van der Waals surface area contributed by atoms with Gasteiger partial charge >= 0.3 is 0 Å². The molecule has 2 rings (SSSR count). The molecule has 1 aromatic carbocycles. The van der Waals surface area contributed by atoms with Crippen LogP contribution in [0.15, 0.2) is 18.2 Å². The summed E-state index contributed by atoms with van der Waals surface area (Å²) in [7, 11) is 0. The number of aliphatic hydroxyl groups excluding tert-OH is 1. The second-order valence-corrected chi connectivity index (χ2v) is 3.45. The summed E-state index contributed by atoms with van der Waals surface area (Å²) >= 11 is 0. The van der Waals surface area contributed by atoms with Crippen LogP contribution in [0, 0.1) is 0 Å². The molecule has 1 aromatic rings. The van der Waals surface area contributed by atoms with Crippen molar-refractivity contribution >= 4 is 5.69 Å². The smallest absolute Gasteiger partial charge is 0.0682 e. The number of anilines is 1. The lowest BCUT2D eigenvalue weighted by molar-refractivity contribution is 0.282. The fraction of sp³-hybridized carbons (Fsp3) is 0.455. The summed E-state index contributed by atoms with van der Waals surface area (Å²) in [6.45, 7) is 4.49. The number of nitrogens with zero attached hydrogens (tertiary/aromatic N) is 1. The van der Waals surface area contributed by atoms with Gasteiger partial charge in [0.2, 0.25) is 0 Å². The van der Waals surface area contributed by atoms with E-state index < -0.39 is 0 Å². The molecule has 0 radical (unpaired) electrons. The van der Waals surface area contributed by atoms with Crippen molar-refractivity contribution in [3.05, 3.63) is 29.3 Å². The first-order valence-electron chi connectivity index (χ1n) is 4.82. The lowest BCUT2D eigenvalue weighted by Crippen LogP contribution is -2.19. The second kappa shape index (κ2) is 3.38. The van der Waals surface area contributed by atoms with Gasteiger partial charge in [0, 0.05) is 18.8 Å². The van der Waals surface area contributed by atoms with Crippen LogP contribution in [0.2, 0.25) is 0 Å². The number of benzene rings is 1. The quantitative estimate of drug-likeness (QED) is 0.741. The van der Waals surface area contributed by atoms with Gasteiger partial charge in [-0.2, -0.15) is 0 Å². The number of hydrogen-bond donors (Lipinski definition) is 1. The van der Waals surface area contributed by atoms with Crippen molar-refractivity contribution in [2.45, 2.75) is 20.0 Å². The Kier molecular flexibility index (Phi) is 2.23. The van der Waals surface area contributed by atoms with E-state index >= 15 is 0 Å². The van der Waals surface area contributed by atoms with Crippen molar-refractivity contribution in [1.29, 1.82) is 0 Å². The molecule has 0 fully saturated rings. The molecule has 1 heterocycles. The van der Waals surface area contributed by atoms with Gasteiger partial charge in [0.05, 0.1) is 6.61 Å². The average molecular weight is 177 g/mol. The van der Waals surface area contributed by atoms with E-state index in [2.05, 4.69) is 24.0 Å². The molecule has 0 spiro atoms. The van der Waals surface area contributed by atoms with Crippen molar-refractivity contribution in [2.75, 3.05) is 18.0 Å². The Balaban J connectivity index is 2.37. The minimum absolute atomic E-state index is 0.144. The molecule has 2 heteroatoms. The molecular formula is C11H15NO. The van der Waals surface area contributed by atoms with Gasteiger partial charge in [-0.1, -0.05) is 12.1 Å². The number of likely N-dealkylation sites (N-methyl/N-ethyl adjacent to an activating group) is 1. The van der Waals surface area contributed by atoms with Crippen LogP contribution in [-0.2, 0) is 13.0 Å². The highest BCUT2D eigenvalue weighted by molar-refractivity contribution is 5.59. The van der Waals surface area contributed by atoms with E-state index in [9.17, 15) is 0 Å². The summed E-state index contributed by atoms with van der Waals surface area (Å²) in [5.74, 6) is 0. The van der Waals surface area contributed by atoms with Crippen LogP contribution < -0.4 is 4.90 Å². The maximum absolute atomic E-state index is 9.01. The molecule has 0 saturated heterocycles. The zero-order valence-corrected chi connectivity index (χ0v) is 7.95. The van der Waals surface area contributed by atoms with E-state index in [1.165, 1.54) is 11.3 Å². The molecule has 70 valence electrons. The Hall–Kier alpha value is -1.02. The van der Waals surface area contributed by atoms with E-state index in [0.29, 0.717) is 0 Å². The Morgan fingerprint density at radius 1 is 1.46 bits per heavy atom. The zero-order valence-electron chi connectivity index (χ0n) is 7.95. The third-order valence-corrected chi connectivity index (χ3v) is 2.71. The van der Waals surface area contributed by atoms with Gasteiger partial charge in [-0.25, -0.2) is 0 Å². The molecule has 1 aliphatic rings. The number of rotatable bonds is 2. The van der Waals surface area contributed by atoms with E-state index in [1.807, 2.05) is 6.07 Å². The monoisotopic (exact) mass is 177 g/mol. The third-order valence-electron chi connectivity index (χ3n) is 2.71. The molecule has 13 heavy (non-hydrogen) atoms. The Bertz CT molecular complexity index is 309. The topological polar surface area (TPSA) is 23.5 Å². The number of fused-ring (bicyclic) bond motifs is 1. The maximum Gasteiger partial charge on any atom is 0.0682 e. The normalized spacial score (nSPS) is 14.8. The van der Waals surface area contributed by atoms with Gasteiger partial charge in [0.1, 0.15) is 0 Å². The fourth-order valence-electron chi connectivity index (χ4n) is 1.92. The first-order chi connectivity index (χ1) is 6.35. The molecule has 0 saturated carbocycles. The van der Waals surface area contributed by atoms with E-state index in [-0.39, 0.29) is 6.61 Å². The van der Waals surface area contributed by atoms with Crippen molar-refractivity contribution in [2.24, 2.45) is 0 Å². The summed E-state index contributed by atoms with van der Waals surface area (Å²) in [6.07, 6.45) is 1.15. The molecule has 0 amide bonds. The molecule has 2 nitrogen and oxygen atoms in total. The largest absolute Gasteiger partial charge is 0.392 e. The van der Waals surface area contributed by atoms with E-state index in [0.717, 1.165) is 25.1 Å². The highest BCUT2D eigenvalue weighted by atomic mass is 16.3. The molecule has 0 unspecified atom stereocenters. The van der Waals surface area contributed by atoms with Crippen LogP contribution in [0.1, 0.15) is 18.1 Å². The summed E-state index contributed by atoms with van der Waals surface area (Å²) in [5.41, 5.74) is 3.74. The van der Waals surface area contributed by atoms with Crippen LogP contribution >= 0.6 is 0 Å². The van der Waals surface area contributed by atoms with E-state index in [4.69, 9.17) is 5.11 Å². The van der Waals surface area contributed by atoms with Crippen molar-refractivity contribution < 1.29 is 5.11 Å². The minimum Gasteiger partial charge on any atom is -0.392 e. The molecule has 0 atom stereocenters. The van der Waals surface area contributed by atoms with Gasteiger partial charge in [-0.05, 0) is 30.5 Å². The molecule has 0 bridgehead atoms. The molecule has 1 aliphatic heterocycles. The lowest BCUT2D eigenvalue weighted by Gasteiger charge is -2.16. The van der Waals surface area contributed by atoms with Crippen LogP contribution in [0.25, 0.3) is 0 Å². The first-order valence-corrected chi connectivity index (χ1v) is 4.82. The van der Waals surface area contributed by atoms with Crippen LogP contribution in [0.3, 0.4) is 0 Å². The number of aliphatic hydroxyl groups is 1. The fourth-order valence-corrected chi connectivity index (χ4v) is 1.92. The molecule has 0 aliphatic carbocycles. The molecular weight excluding hydrogens is 162 g/mol. The predicted octanol–water partition coefficient (Wildman–Crippen LogP) is 1.56. The second-order valence-electron chi connectivity index (χ2n) is 3.45. The van der Waals surface area contributed by atoms with Crippen molar-refractivity contribution in [3.63, 3.8) is 0 Å². The van der Waals surface area contributed by atoms with Crippen molar-refractivity contribution in [3.8, 4) is 0 Å². The summed E-state index contributed by atoms with van der Waals surface area (Å²) in [4.78, 5) is 2.36. The maximum atomic E-state index is 9.01. The predicted molar refractivity (Wildman–Crippen MR) is 54.0 cm³/mol. The molecule has 1 N–H and O–H groups in total. The van der Waals surface area contributed by atoms with Gasteiger partial charge in [-0.3, -0.25) is 0 Å². The summed E-state index contributed by atoms with van der Waals surface area (Å²) in [5, 5.41) is 9.01. The van der Waals surface area contributed by atoms with Gasteiger partial charge in [0.15, 0.2) is 0 Å². The highest BCUT2D eigenvalue weighted by Crippen LogP contribution is 2.28. The van der Waals surface area contributed by atoms with Gasteiger partial charge in [-0.15, -0.1) is 0 Å². The van der Waals surface area contributed by atoms with Gasteiger partial charge < -0.3 is 10.0 Å².